The minimum atomic E-state index is 0.197. The lowest BCUT2D eigenvalue weighted by molar-refractivity contribution is 0.00727. The molecular formula is C12H19N5. The molecule has 1 saturated carbocycles. The van der Waals surface area contributed by atoms with Crippen molar-refractivity contribution < 1.29 is 0 Å². The van der Waals surface area contributed by atoms with E-state index in [2.05, 4.69) is 33.6 Å². The highest BCUT2D eigenvalue weighted by atomic mass is 15.5. The van der Waals surface area contributed by atoms with Crippen molar-refractivity contribution in [3.8, 4) is 0 Å². The number of H-pyrrole nitrogens is 1. The van der Waals surface area contributed by atoms with Crippen LogP contribution in [0.5, 0.6) is 0 Å². The van der Waals surface area contributed by atoms with Gasteiger partial charge in [0.25, 0.3) is 0 Å². The fraction of sp³-hybridized carbons (Fsp3) is 0.750. The first-order valence-corrected chi connectivity index (χ1v) is 6.39. The third-order valence-corrected chi connectivity index (χ3v) is 4.59. The van der Waals surface area contributed by atoms with Crippen molar-refractivity contribution in [2.75, 3.05) is 6.54 Å². The van der Waals surface area contributed by atoms with E-state index in [9.17, 15) is 0 Å². The Bertz CT molecular complexity index is 424. The zero-order valence-electron chi connectivity index (χ0n) is 10.2. The van der Waals surface area contributed by atoms with Crippen LogP contribution in [0.4, 0.5) is 0 Å². The lowest BCUT2D eigenvalue weighted by Gasteiger charge is -2.51. The van der Waals surface area contributed by atoms with Crippen LogP contribution < -0.4 is 5.73 Å². The van der Waals surface area contributed by atoms with Crippen LogP contribution in [-0.2, 0) is 6.42 Å². The number of hydrogen-bond donors (Lipinski definition) is 2. The second-order valence-electron chi connectivity index (χ2n) is 5.46. The molecule has 0 bridgehead atoms. The van der Waals surface area contributed by atoms with Crippen LogP contribution in [0.1, 0.15) is 32.0 Å². The van der Waals surface area contributed by atoms with E-state index in [1.54, 1.807) is 5.57 Å². The van der Waals surface area contributed by atoms with Crippen molar-refractivity contribution in [1.29, 1.82) is 0 Å². The van der Waals surface area contributed by atoms with Crippen LogP contribution in [0.25, 0.3) is 0 Å². The molecule has 0 radical (unpaired) electrons. The molecule has 1 aromatic rings. The monoisotopic (exact) mass is 233 g/mol. The molecule has 92 valence electrons. The van der Waals surface area contributed by atoms with Gasteiger partial charge in [0.1, 0.15) is 5.82 Å². The lowest BCUT2D eigenvalue weighted by atomic mass is 9.53. The van der Waals surface area contributed by atoms with Gasteiger partial charge >= 0.3 is 0 Å². The molecule has 5 heteroatoms. The quantitative estimate of drug-likeness (QED) is 0.762. The Morgan fingerprint density at radius 3 is 3.12 bits per heavy atom. The summed E-state index contributed by atoms with van der Waals surface area (Å²) in [5, 5.41) is 14.1. The van der Waals surface area contributed by atoms with Crippen LogP contribution in [0.2, 0.25) is 0 Å². The molecule has 5 nitrogen and oxygen atoms in total. The van der Waals surface area contributed by atoms with Gasteiger partial charge in [-0.2, -0.15) is 0 Å². The number of allylic oxidation sites excluding steroid dienone is 2. The Labute approximate surface area is 101 Å². The zero-order chi connectivity index (χ0) is 11.9. The molecule has 0 amide bonds. The van der Waals surface area contributed by atoms with Gasteiger partial charge in [0.15, 0.2) is 0 Å². The Morgan fingerprint density at radius 2 is 2.47 bits per heavy atom. The highest BCUT2D eigenvalue weighted by Crippen LogP contribution is 2.58. The van der Waals surface area contributed by atoms with E-state index in [0.717, 1.165) is 24.7 Å². The van der Waals surface area contributed by atoms with E-state index in [-0.39, 0.29) is 5.41 Å². The first-order valence-electron chi connectivity index (χ1n) is 6.39. The lowest BCUT2D eigenvalue weighted by Crippen LogP contribution is -2.51. The highest BCUT2D eigenvalue weighted by Gasteiger charge is 2.54. The number of nitrogens with one attached hydrogen (secondary N) is 1. The average Bonchev–Trinajstić information content (AvgIpc) is 2.94. The summed E-state index contributed by atoms with van der Waals surface area (Å²) in [6.45, 7) is 2.96. The molecule has 17 heavy (non-hydrogen) atoms. The molecule has 0 saturated heterocycles. The third kappa shape index (κ3) is 1.60. The van der Waals surface area contributed by atoms with Crippen LogP contribution in [0.3, 0.4) is 0 Å². The first kappa shape index (κ1) is 10.9. The van der Waals surface area contributed by atoms with Gasteiger partial charge < -0.3 is 5.73 Å². The van der Waals surface area contributed by atoms with E-state index in [1.165, 1.54) is 19.3 Å². The summed E-state index contributed by atoms with van der Waals surface area (Å²) >= 11 is 0. The molecule has 0 aromatic carbocycles. The Morgan fingerprint density at radius 1 is 1.59 bits per heavy atom. The third-order valence-electron chi connectivity index (χ3n) is 4.59. The van der Waals surface area contributed by atoms with Crippen LogP contribution in [0, 0.1) is 17.3 Å². The van der Waals surface area contributed by atoms with Crippen molar-refractivity contribution >= 4 is 0 Å². The number of aromatic amines is 1. The van der Waals surface area contributed by atoms with Crippen LogP contribution in [0.15, 0.2) is 11.6 Å². The van der Waals surface area contributed by atoms with Crippen LogP contribution in [-0.4, -0.2) is 27.2 Å². The van der Waals surface area contributed by atoms with Gasteiger partial charge in [-0.05, 0) is 53.5 Å². The number of aromatic nitrogens is 4. The standard InChI is InChI=1S/C12H19N5/c1-2-8-3-9-5-12(7-13,10(9)4-8)6-11-14-16-17-15-11/h4,9-10H,2-3,5-7,13H2,1H3,(H,14,15,16,17)/t9?,10?,12-/m0/s1. The maximum atomic E-state index is 6.02. The van der Waals surface area contributed by atoms with Crippen molar-refractivity contribution in [1.82, 2.24) is 20.6 Å². The van der Waals surface area contributed by atoms with Gasteiger partial charge in [-0.15, -0.1) is 5.10 Å². The van der Waals surface area contributed by atoms with E-state index >= 15 is 0 Å². The maximum Gasteiger partial charge on any atom is 0.149 e. The Kier molecular flexibility index (Phi) is 2.50. The van der Waals surface area contributed by atoms with Gasteiger partial charge in [0.05, 0.1) is 0 Å². The molecule has 1 aromatic heterocycles. The summed E-state index contributed by atoms with van der Waals surface area (Å²) in [4.78, 5) is 0. The van der Waals surface area contributed by atoms with E-state index < -0.39 is 0 Å². The van der Waals surface area contributed by atoms with Gasteiger partial charge in [0, 0.05) is 6.42 Å². The second kappa shape index (κ2) is 3.91. The Hall–Kier alpha value is -1.23. The molecule has 1 heterocycles. The number of nitrogens with zero attached hydrogens (tertiary/aromatic N) is 3. The van der Waals surface area contributed by atoms with E-state index in [0.29, 0.717) is 5.92 Å². The molecule has 2 aliphatic carbocycles. The predicted octanol–water partition coefficient (Wildman–Crippen LogP) is 1.06. The molecule has 0 aliphatic heterocycles. The maximum absolute atomic E-state index is 6.02. The van der Waals surface area contributed by atoms with Gasteiger partial charge in [0.2, 0.25) is 0 Å². The molecular weight excluding hydrogens is 214 g/mol. The highest BCUT2D eigenvalue weighted by molar-refractivity contribution is 5.24. The fourth-order valence-electron chi connectivity index (χ4n) is 3.63. The fourth-order valence-corrected chi connectivity index (χ4v) is 3.63. The minimum absolute atomic E-state index is 0.197. The SMILES string of the molecule is CCC1=CC2C(C1)C[C@@]2(CN)Cc1nnn[nH]1. The normalized spacial score (nSPS) is 35.3. The molecule has 2 aliphatic rings. The van der Waals surface area contributed by atoms with Crippen molar-refractivity contribution in [2.24, 2.45) is 23.0 Å². The van der Waals surface area contributed by atoms with Gasteiger partial charge in [-0.25, -0.2) is 5.10 Å². The predicted molar refractivity (Wildman–Crippen MR) is 64.0 cm³/mol. The van der Waals surface area contributed by atoms with Crippen molar-refractivity contribution in [3.05, 3.63) is 17.5 Å². The Balaban J connectivity index is 1.79. The summed E-state index contributed by atoms with van der Waals surface area (Å²) in [6, 6.07) is 0. The van der Waals surface area contributed by atoms with E-state index in [4.69, 9.17) is 5.73 Å². The topological polar surface area (TPSA) is 80.5 Å². The average molecular weight is 233 g/mol. The molecule has 1 fully saturated rings. The molecule has 3 atom stereocenters. The molecule has 3 N–H and O–H groups in total. The number of tetrazole rings is 1. The van der Waals surface area contributed by atoms with Crippen LogP contribution >= 0.6 is 0 Å². The summed E-state index contributed by atoms with van der Waals surface area (Å²) in [5.41, 5.74) is 7.82. The minimum Gasteiger partial charge on any atom is -0.330 e. The molecule has 0 spiro atoms. The summed E-state index contributed by atoms with van der Waals surface area (Å²) < 4.78 is 0. The second-order valence-corrected chi connectivity index (χ2v) is 5.46. The van der Waals surface area contributed by atoms with E-state index in [1.807, 2.05) is 0 Å². The summed E-state index contributed by atoms with van der Waals surface area (Å²) in [5.74, 6) is 2.34. The number of hydrogen-bond acceptors (Lipinski definition) is 4. The number of nitrogens with two attached hydrogens (primary N) is 1. The summed E-state index contributed by atoms with van der Waals surface area (Å²) in [6.07, 6.45) is 7.01. The van der Waals surface area contributed by atoms with Gasteiger partial charge in [-0.1, -0.05) is 18.6 Å². The number of rotatable bonds is 4. The number of fused-ring (bicyclic) bond motifs is 1. The first-order chi connectivity index (χ1) is 8.27. The smallest absolute Gasteiger partial charge is 0.149 e. The zero-order valence-corrected chi connectivity index (χ0v) is 10.2. The van der Waals surface area contributed by atoms with Crippen molar-refractivity contribution in [2.45, 2.75) is 32.6 Å². The summed E-state index contributed by atoms with van der Waals surface area (Å²) in [7, 11) is 0. The molecule has 3 rings (SSSR count). The van der Waals surface area contributed by atoms with Crippen molar-refractivity contribution in [3.63, 3.8) is 0 Å². The molecule has 2 unspecified atom stereocenters. The van der Waals surface area contributed by atoms with Gasteiger partial charge in [-0.3, -0.25) is 0 Å². The largest absolute Gasteiger partial charge is 0.330 e.